The van der Waals surface area contributed by atoms with Crippen LogP contribution in [0.25, 0.3) is 10.9 Å². The molecule has 2 heterocycles. The van der Waals surface area contributed by atoms with Crippen molar-refractivity contribution in [2.45, 2.75) is 30.6 Å². The van der Waals surface area contributed by atoms with Crippen molar-refractivity contribution < 1.29 is 22.4 Å². The lowest BCUT2D eigenvalue weighted by molar-refractivity contribution is 0.0712. The SMILES string of the molecule is Cc1cc(C(=O)Nc2ccc(C3CCN(C(=O)c4ccc(S(C)(=O)=O)c(F)c4)CC3)cc2)nc2ccccc12. The van der Waals surface area contributed by atoms with Gasteiger partial charge in [-0.2, -0.15) is 0 Å². The average molecular weight is 546 g/mol. The Morgan fingerprint density at radius 2 is 1.67 bits per heavy atom. The van der Waals surface area contributed by atoms with Crippen molar-refractivity contribution in [2.75, 3.05) is 24.7 Å². The number of halogens is 1. The number of para-hydroxylation sites is 1. The molecule has 1 aliphatic rings. The summed E-state index contributed by atoms with van der Waals surface area (Å²) in [5.74, 6) is -1.27. The van der Waals surface area contributed by atoms with Crippen LogP contribution in [0.2, 0.25) is 0 Å². The number of fused-ring (bicyclic) bond motifs is 1. The number of benzene rings is 3. The number of likely N-dealkylation sites (tertiary alicyclic amines) is 1. The van der Waals surface area contributed by atoms with E-state index in [-0.39, 0.29) is 23.3 Å². The van der Waals surface area contributed by atoms with Crippen molar-refractivity contribution in [1.29, 1.82) is 0 Å². The number of anilines is 1. The van der Waals surface area contributed by atoms with Gasteiger partial charge in [-0.1, -0.05) is 30.3 Å². The number of hydrogen-bond donors (Lipinski definition) is 1. The first-order valence-corrected chi connectivity index (χ1v) is 14.6. The maximum atomic E-state index is 14.3. The summed E-state index contributed by atoms with van der Waals surface area (Å²) in [6, 6.07) is 20.7. The quantitative estimate of drug-likeness (QED) is 0.364. The first kappa shape index (κ1) is 26.5. The van der Waals surface area contributed by atoms with E-state index in [4.69, 9.17) is 0 Å². The second kappa shape index (κ2) is 10.6. The normalized spacial score (nSPS) is 14.4. The third-order valence-electron chi connectivity index (χ3n) is 7.16. The highest BCUT2D eigenvalue weighted by molar-refractivity contribution is 7.90. The summed E-state index contributed by atoms with van der Waals surface area (Å²) >= 11 is 0. The van der Waals surface area contributed by atoms with E-state index in [2.05, 4.69) is 10.3 Å². The van der Waals surface area contributed by atoms with Crippen molar-refractivity contribution in [2.24, 2.45) is 0 Å². The molecule has 1 saturated heterocycles. The molecule has 0 bridgehead atoms. The molecule has 1 fully saturated rings. The van der Waals surface area contributed by atoms with Crippen LogP contribution in [0.4, 0.5) is 10.1 Å². The summed E-state index contributed by atoms with van der Waals surface area (Å²) in [5, 5.41) is 3.93. The van der Waals surface area contributed by atoms with Gasteiger partial charge in [0.2, 0.25) is 0 Å². The average Bonchev–Trinajstić information content (AvgIpc) is 2.92. The van der Waals surface area contributed by atoms with Crippen LogP contribution in [0.1, 0.15) is 50.7 Å². The van der Waals surface area contributed by atoms with Gasteiger partial charge in [-0.3, -0.25) is 9.59 Å². The summed E-state index contributed by atoms with van der Waals surface area (Å²) in [6.07, 6.45) is 2.41. The highest BCUT2D eigenvalue weighted by Crippen LogP contribution is 2.30. The van der Waals surface area contributed by atoms with Gasteiger partial charge in [-0.15, -0.1) is 0 Å². The van der Waals surface area contributed by atoms with Crippen LogP contribution >= 0.6 is 0 Å². The number of carbonyl (C=O) groups excluding carboxylic acids is 2. The van der Waals surface area contributed by atoms with E-state index < -0.39 is 20.5 Å². The van der Waals surface area contributed by atoms with Crippen LogP contribution in [0.5, 0.6) is 0 Å². The number of nitrogens with one attached hydrogen (secondary N) is 1. The molecule has 0 spiro atoms. The second-order valence-corrected chi connectivity index (χ2v) is 11.9. The molecule has 39 heavy (non-hydrogen) atoms. The molecule has 0 radical (unpaired) electrons. The smallest absolute Gasteiger partial charge is 0.274 e. The fourth-order valence-corrected chi connectivity index (χ4v) is 5.76. The van der Waals surface area contributed by atoms with Crippen molar-refractivity contribution in [3.8, 4) is 0 Å². The van der Waals surface area contributed by atoms with E-state index in [9.17, 15) is 22.4 Å². The lowest BCUT2D eigenvalue weighted by Gasteiger charge is -2.32. The van der Waals surface area contributed by atoms with Gasteiger partial charge in [-0.05, 0) is 79.3 Å². The zero-order valence-electron chi connectivity index (χ0n) is 21.6. The first-order chi connectivity index (χ1) is 18.6. The van der Waals surface area contributed by atoms with Crippen LogP contribution < -0.4 is 5.32 Å². The molecule has 4 aromatic rings. The molecular weight excluding hydrogens is 517 g/mol. The standard InChI is InChI=1S/C30H28FN3O4S/c1-19-17-27(33-26-6-4-3-5-24(19)26)29(35)32-23-10-7-20(8-11-23)21-13-15-34(16-14-21)30(36)22-9-12-28(25(31)18-22)39(2,37)38/h3-12,17-18,21H,13-16H2,1-2H3,(H,32,35). The molecule has 200 valence electrons. The highest BCUT2D eigenvalue weighted by Gasteiger charge is 2.26. The van der Waals surface area contributed by atoms with E-state index in [1.54, 1.807) is 11.0 Å². The molecule has 2 amide bonds. The Bertz CT molecular complexity index is 1680. The predicted molar refractivity (Wildman–Crippen MR) is 148 cm³/mol. The Hall–Kier alpha value is -4.11. The summed E-state index contributed by atoms with van der Waals surface area (Å²) in [5.41, 5.74) is 4.04. The monoisotopic (exact) mass is 545 g/mol. The Morgan fingerprint density at radius 3 is 2.33 bits per heavy atom. The van der Waals surface area contributed by atoms with Gasteiger partial charge in [0, 0.05) is 36.0 Å². The summed E-state index contributed by atoms with van der Waals surface area (Å²) < 4.78 is 37.6. The maximum Gasteiger partial charge on any atom is 0.274 e. The van der Waals surface area contributed by atoms with E-state index >= 15 is 0 Å². The minimum Gasteiger partial charge on any atom is -0.339 e. The molecular formula is C30H28FN3O4S. The van der Waals surface area contributed by atoms with Gasteiger partial charge in [0.1, 0.15) is 16.4 Å². The Balaban J connectivity index is 1.20. The maximum absolute atomic E-state index is 14.3. The molecule has 9 heteroatoms. The highest BCUT2D eigenvalue weighted by atomic mass is 32.2. The number of hydrogen-bond acceptors (Lipinski definition) is 5. The number of amides is 2. The lowest BCUT2D eigenvalue weighted by Crippen LogP contribution is -2.38. The molecule has 0 aliphatic carbocycles. The van der Waals surface area contributed by atoms with Crippen molar-refractivity contribution in [1.82, 2.24) is 9.88 Å². The number of aromatic nitrogens is 1. The number of nitrogens with zero attached hydrogens (tertiary/aromatic N) is 2. The number of rotatable bonds is 5. The number of sulfone groups is 1. The van der Waals surface area contributed by atoms with Gasteiger partial charge in [0.05, 0.1) is 5.52 Å². The second-order valence-electron chi connectivity index (χ2n) is 9.90. The molecule has 7 nitrogen and oxygen atoms in total. The minimum absolute atomic E-state index is 0.134. The number of aryl methyl sites for hydroxylation is 1. The van der Waals surface area contributed by atoms with E-state index in [0.29, 0.717) is 24.5 Å². The fraction of sp³-hybridized carbons (Fsp3) is 0.233. The zero-order chi connectivity index (χ0) is 27.7. The van der Waals surface area contributed by atoms with Crippen molar-refractivity contribution in [3.05, 3.63) is 101 Å². The Morgan fingerprint density at radius 1 is 0.974 bits per heavy atom. The Labute approximate surface area is 226 Å². The number of carbonyl (C=O) groups is 2. The summed E-state index contributed by atoms with van der Waals surface area (Å²) in [6.45, 7) is 2.97. The lowest BCUT2D eigenvalue weighted by atomic mass is 9.89. The van der Waals surface area contributed by atoms with E-state index in [1.807, 2.05) is 55.5 Å². The van der Waals surface area contributed by atoms with Crippen LogP contribution in [-0.2, 0) is 9.84 Å². The van der Waals surface area contributed by atoms with Crippen LogP contribution in [0.15, 0.2) is 77.7 Å². The predicted octanol–water partition coefficient (Wildman–Crippen LogP) is 5.36. The largest absolute Gasteiger partial charge is 0.339 e. The fourth-order valence-electron chi connectivity index (χ4n) is 5.03. The van der Waals surface area contributed by atoms with Crippen LogP contribution in [-0.4, -0.2) is 49.5 Å². The van der Waals surface area contributed by atoms with Crippen molar-refractivity contribution in [3.63, 3.8) is 0 Å². The molecule has 0 saturated carbocycles. The number of pyridine rings is 1. The zero-order valence-corrected chi connectivity index (χ0v) is 22.5. The molecule has 0 atom stereocenters. The molecule has 0 unspecified atom stereocenters. The van der Waals surface area contributed by atoms with Crippen LogP contribution in [0, 0.1) is 12.7 Å². The molecule has 1 aliphatic heterocycles. The first-order valence-electron chi connectivity index (χ1n) is 12.7. The Kier molecular flexibility index (Phi) is 7.18. The number of piperidine rings is 1. The third-order valence-corrected chi connectivity index (χ3v) is 8.29. The minimum atomic E-state index is -3.70. The molecule has 1 aromatic heterocycles. The van der Waals surface area contributed by atoms with Gasteiger partial charge in [0.15, 0.2) is 9.84 Å². The topological polar surface area (TPSA) is 96.4 Å². The summed E-state index contributed by atoms with van der Waals surface area (Å²) in [4.78, 5) is 31.5. The van der Waals surface area contributed by atoms with Gasteiger partial charge in [0.25, 0.3) is 11.8 Å². The molecule has 3 aromatic carbocycles. The third kappa shape index (κ3) is 5.68. The van der Waals surface area contributed by atoms with E-state index in [1.165, 1.54) is 6.07 Å². The summed E-state index contributed by atoms with van der Waals surface area (Å²) in [7, 11) is -3.70. The van der Waals surface area contributed by atoms with Crippen molar-refractivity contribution >= 4 is 38.2 Å². The molecule has 5 rings (SSSR count). The van der Waals surface area contributed by atoms with Gasteiger partial charge < -0.3 is 10.2 Å². The molecule has 1 N–H and O–H groups in total. The van der Waals surface area contributed by atoms with Gasteiger partial charge in [-0.25, -0.2) is 17.8 Å². The van der Waals surface area contributed by atoms with Gasteiger partial charge >= 0.3 is 0 Å². The van der Waals surface area contributed by atoms with E-state index in [0.717, 1.165) is 53.3 Å². The van der Waals surface area contributed by atoms with Crippen LogP contribution in [0.3, 0.4) is 0 Å².